The first kappa shape index (κ1) is 77.9. The molecule has 12 heteroatoms. The first-order valence-electron chi connectivity index (χ1n) is 25.1. The molecule has 3 rings (SSSR count). The normalized spacial score (nSPS) is 32.3. The Bertz CT molecular complexity index is 1210. The van der Waals surface area contributed by atoms with Crippen LogP contribution in [0.1, 0.15) is 265 Å². The lowest BCUT2D eigenvalue weighted by Gasteiger charge is -2.70. The van der Waals surface area contributed by atoms with Gasteiger partial charge < -0.3 is 25.9 Å². The fourth-order valence-corrected chi connectivity index (χ4v) is 24.7. The molecule has 7 unspecified atom stereocenters. The molecule has 2 saturated heterocycles. The Balaban J connectivity index is -0.000000185. The molecule has 0 aromatic carbocycles. The second-order valence-corrected chi connectivity index (χ2v) is 31.6. The Kier molecular flexibility index (Phi) is 37.6. The van der Waals surface area contributed by atoms with Crippen LogP contribution in [-0.4, -0.2) is 70.6 Å². The van der Waals surface area contributed by atoms with Gasteiger partial charge in [0, 0.05) is 27.3 Å². The van der Waals surface area contributed by atoms with Crippen molar-refractivity contribution in [3.05, 3.63) is 0 Å². The number of rotatable bonds is 19. The van der Waals surface area contributed by atoms with Crippen molar-refractivity contribution in [2.75, 3.05) is 21.3 Å². The van der Waals surface area contributed by atoms with Gasteiger partial charge in [-0.05, 0) is 87.0 Å². The molecule has 0 spiro atoms. The van der Waals surface area contributed by atoms with Gasteiger partial charge >= 0.3 is 34.2 Å². The van der Waals surface area contributed by atoms with Crippen molar-refractivity contribution in [3.8, 4) is 0 Å². The summed E-state index contributed by atoms with van der Waals surface area (Å²) in [6.07, 6.45) is 20.9. The summed E-state index contributed by atoms with van der Waals surface area (Å²) in [5.74, 6) is 0. The molecule has 406 valence electrons. The van der Waals surface area contributed by atoms with E-state index in [4.69, 9.17) is 35.0 Å². The second kappa shape index (κ2) is 31.8. The summed E-state index contributed by atoms with van der Waals surface area (Å²) < 4.78 is 48.9. The van der Waals surface area contributed by atoms with Gasteiger partial charge in [-0.2, -0.15) is 4.52 Å². The lowest BCUT2D eigenvalue weighted by atomic mass is 9.74. The highest BCUT2D eigenvalue weighted by molar-refractivity contribution is 7.45. The smallest absolute Gasteiger partial charge is 0.393 e. The molecule has 0 bridgehead atoms. The largest absolute Gasteiger partial charge is 0.488 e. The predicted molar refractivity (Wildman–Crippen MR) is 306 cm³/mol. The zero-order valence-electron chi connectivity index (χ0n) is 46.5. The van der Waals surface area contributed by atoms with E-state index in [2.05, 4.69) is 152 Å². The Morgan fingerprint density at radius 2 is 0.879 bits per heavy atom. The third-order valence-electron chi connectivity index (χ3n) is 17.8. The summed E-state index contributed by atoms with van der Waals surface area (Å²) in [6, 6.07) is 0.805. The zero-order chi connectivity index (χ0) is 49.3. The van der Waals surface area contributed by atoms with Gasteiger partial charge in [-0.25, -0.2) is 0 Å². The molecule has 0 N–H and O–H groups in total. The van der Waals surface area contributed by atoms with E-state index in [1.54, 1.807) is 21.3 Å². The van der Waals surface area contributed by atoms with Gasteiger partial charge in [-0.3, -0.25) is 0 Å². The summed E-state index contributed by atoms with van der Waals surface area (Å²) in [4.78, 5) is 0. The molecule has 1 saturated carbocycles. The van der Waals surface area contributed by atoms with E-state index in [1.807, 2.05) is 13.1 Å². The Labute approximate surface area is 422 Å². The number of hydrogen-bond donors (Lipinski definition) is 0. The van der Waals surface area contributed by atoms with Crippen LogP contribution in [0, 0.1) is 21.7 Å². The molecular weight excluding hydrogens is 892 g/mol. The first-order valence-corrected chi connectivity index (χ1v) is 33.0. The maximum Gasteiger partial charge on any atom is 0.488 e. The Morgan fingerprint density at radius 1 is 0.545 bits per heavy atom. The molecule has 0 amide bonds. The van der Waals surface area contributed by atoms with Crippen LogP contribution in [0.4, 0.5) is 0 Å². The maximum atomic E-state index is 6.74. The summed E-state index contributed by atoms with van der Waals surface area (Å²) in [5.41, 5.74) is 1.68. The Hall–Kier alpha value is 0.501. The highest BCUT2D eigenvalue weighted by atomic mass is 31.1. The van der Waals surface area contributed by atoms with Crippen LogP contribution in [0.15, 0.2) is 0 Å². The van der Waals surface area contributed by atoms with E-state index in [1.165, 1.54) is 64.2 Å². The molecular formula is C54H126O8PSi3+. The molecule has 1 aliphatic carbocycles. The highest BCUT2D eigenvalue weighted by Crippen LogP contribution is 2.69. The second-order valence-electron chi connectivity index (χ2n) is 20.8. The number of hydrogen-bond acceptors (Lipinski definition) is 8. The van der Waals surface area contributed by atoms with E-state index in [9.17, 15) is 0 Å². The third-order valence-corrected chi connectivity index (χ3v) is 31.1. The van der Waals surface area contributed by atoms with E-state index in [0.29, 0.717) is 21.7 Å². The molecule has 8 nitrogen and oxygen atoms in total. The topological polar surface area (TPSA) is 73.8 Å². The fraction of sp³-hybridized carbons (Fsp3) is 0.981. The van der Waals surface area contributed by atoms with Crippen molar-refractivity contribution in [2.24, 2.45) is 21.7 Å². The fourth-order valence-electron chi connectivity index (χ4n) is 9.31. The number of fused-ring (bicyclic) bond motifs is 1. The van der Waals surface area contributed by atoms with Gasteiger partial charge in [-0.15, -0.1) is 4.52 Å². The van der Waals surface area contributed by atoms with Crippen molar-refractivity contribution in [2.45, 2.75) is 306 Å². The molecule has 0 aromatic heterocycles. The highest BCUT2D eigenvalue weighted by Gasteiger charge is 2.80. The molecule has 66 heavy (non-hydrogen) atoms. The van der Waals surface area contributed by atoms with Gasteiger partial charge in [0.15, 0.2) is 0 Å². The Morgan fingerprint density at radius 3 is 1.05 bits per heavy atom. The molecule has 3 fully saturated rings. The first-order chi connectivity index (χ1) is 28.4. The van der Waals surface area contributed by atoms with Gasteiger partial charge in [0.2, 0.25) is 0 Å². The van der Waals surface area contributed by atoms with Crippen LogP contribution in [-0.2, 0) is 35.0 Å². The minimum Gasteiger partial charge on any atom is -0.393 e. The summed E-state index contributed by atoms with van der Waals surface area (Å²) in [6.45, 7) is 51.2. The third kappa shape index (κ3) is 18.8. The molecule has 0 aromatic rings. The monoisotopic (exact) mass is 1020 g/mol. The van der Waals surface area contributed by atoms with Gasteiger partial charge in [0.05, 0.1) is 23.4 Å². The quantitative estimate of drug-likeness (QED) is 0.0936. The SMILES string of the molecule is C.C.C.C.C=[P+](OC)OC(C)(CC)CC.CCC(C)(CC)CC.CCC1(C)CC1(C)CC.CCC1(C)O[Si](C)(OC)O[Si]2(CC)O[Si](C)(OC)OC(C)(CC)C12C.CCCC(C)(CC)CC. The standard InChI is InChI=1S/C16H36O6Si3.C9H18.C9H20.C8H18O2P.C8H18.4CH4/c1-11-14(4)16(6)15(5,12-2)20-24(10,18-8)22-25(16,13-3)21-23(9,17-7)19-14;1-5-8(3)7-9(8,4)6-2;1-5-8-9(4,6-2)7-3;1-6-8(3,7-2)10-11(5)9-4;1-5-8(4,6-2)7-3;;;;/h11-13H2,1-10H3;5-7H2,1-4H3;5-8H2,1-4H3;5-7H2,1-4H3;5-7H2,1-4H3;4*1H4/q;;;+1;;;;;. The summed E-state index contributed by atoms with van der Waals surface area (Å²) >= 11 is 0. The molecule has 2 aliphatic heterocycles. The van der Waals surface area contributed by atoms with E-state index >= 15 is 0 Å². The van der Waals surface area contributed by atoms with Crippen molar-refractivity contribution >= 4 is 40.5 Å². The lowest BCUT2D eigenvalue weighted by molar-refractivity contribution is -0.162. The van der Waals surface area contributed by atoms with Crippen LogP contribution in [0.2, 0.25) is 24.2 Å². The summed E-state index contributed by atoms with van der Waals surface area (Å²) in [7, 11) is -4.39. The van der Waals surface area contributed by atoms with E-state index in [-0.39, 0.29) is 35.3 Å². The molecule has 3 aliphatic rings. The van der Waals surface area contributed by atoms with Gasteiger partial charge in [-0.1, -0.05) is 206 Å². The van der Waals surface area contributed by atoms with Gasteiger partial charge in [0.1, 0.15) is 11.9 Å². The van der Waals surface area contributed by atoms with Crippen LogP contribution in [0.5, 0.6) is 0 Å². The molecule has 2 heterocycles. The maximum absolute atomic E-state index is 6.74. The predicted octanol–water partition coefficient (Wildman–Crippen LogP) is 19.6. The van der Waals surface area contributed by atoms with Crippen LogP contribution in [0.25, 0.3) is 0 Å². The van der Waals surface area contributed by atoms with Gasteiger partial charge in [0.25, 0.3) is 0 Å². The average Bonchev–Trinajstić information content (AvgIpc) is 3.85. The van der Waals surface area contributed by atoms with Crippen molar-refractivity contribution in [1.82, 2.24) is 0 Å². The van der Waals surface area contributed by atoms with Crippen molar-refractivity contribution in [1.29, 1.82) is 0 Å². The molecule has 0 radical (unpaired) electrons. The minimum atomic E-state index is -2.82. The van der Waals surface area contributed by atoms with E-state index in [0.717, 1.165) is 31.7 Å². The van der Waals surface area contributed by atoms with Crippen molar-refractivity contribution < 1.29 is 35.0 Å². The minimum absolute atomic E-state index is 0. The zero-order valence-corrected chi connectivity index (χ0v) is 50.4. The lowest BCUT2D eigenvalue weighted by Crippen LogP contribution is -2.83. The molecule has 7 atom stereocenters. The van der Waals surface area contributed by atoms with Crippen LogP contribution >= 0.6 is 8.00 Å². The average molecular weight is 1020 g/mol. The summed E-state index contributed by atoms with van der Waals surface area (Å²) in [5, 5.41) is -0.401. The van der Waals surface area contributed by atoms with Crippen molar-refractivity contribution in [3.63, 3.8) is 0 Å². The van der Waals surface area contributed by atoms with Crippen LogP contribution in [0.3, 0.4) is 0 Å². The van der Waals surface area contributed by atoms with Crippen LogP contribution < -0.4 is 0 Å². The van der Waals surface area contributed by atoms with E-state index < -0.39 is 50.4 Å².